The first kappa shape index (κ1) is 23.6. The molecule has 1 aliphatic rings. The highest BCUT2D eigenvalue weighted by Crippen LogP contribution is 2.25. The van der Waals surface area contributed by atoms with E-state index in [4.69, 9.17) is 9.47 Å². The molecule has 0 spiro atoms. The lowest BCUT2D eigenvalue weighted by Gasteiger charge is -2.29. The molecule has 1 saturated heterocycles. The van der Waals surface area contributed by atoms with Crippen LogP contribution in [0.3, 0.4) is 0 Å². The summed E-state index contributed by atoms with van der Waals surface area (Å²) in [7, 11) is 0. The van der Waals surface area contributed by atoms with Crippen LogP contribution in [0.15, 0.2) is 66.7 Å². The Balaban J connectivity index is 1.31. The van der Waals surface area contributed by atoms with Crippen LogP contribution in [0.5, 0.6) is 0 Å². The van der Waals surface area contributed by atoms with Crippen molar-refractivity contribution < 1.29 is 18.3 Å². The van der Waals surface area contributed by atoms with E-state index in [1.165, 1.54) is 12.1 Å². The van der Waals surface area contributed by atoms with Crippen LogP contribution in [0.1, 0.15) is 42.9 Å². The molecule has 3 aromatic rings. The fraction of sp³-hybridized carbons (Fsp3) is 0.379. The van der Waals surface area contributed by atoms with Crippen molar-refractivity contribution in [2.45, 2.75) is 51.7 Å². The number of ether oxygens (including phenoxy) is 2. The first-order valence-electron chi connectivity index (χ1n) is 11.9. The molecule has 0 amide bonds. The summed E-state index contributed by atoms with van der Waals surface area (Å²) in [4.78, 5) is 0. The van der Waals surface area contributed by atoms with Gasteiger partial charge in [0.2, 0.25) is 0 Å². The lowest BCUT2D eigenvalue weighted by molar-refractivity contribution is -0.203. The number of halogens is 2. The van der Waals surface area contributed by atoms with Gasteiger partial charge in [-0.25, -0.2) is 8.78 Å². The van der Waals surface area contributed by atoms with Gasteiger partial charge in [-0.1, -0.05) is 54.6 Å². The summed E-state index contributed by atoms with van der Waals surface area (Å²) in [6.07, 6.45) is 9.16. The zero-order valence-corrected chi connectivity index (χ0v) is 19.2. The third-order valence-electron chi connectivity index (χ3n) is 6.38. The molecule has 0 N–H and O–H groups in total. The fourth-order valence-corrected chi connectivity index (χ4v) is 4.36. The van der Waals surface area contributed by atoms with Gasteiger partial charge in [-0.15, -0.1) is 0 Å². The zero-order valence-electron chi connectivity index (χ0n) is 19.2. The maximum Gasteiger partial charge on any atom is 0.157 e. The van der Waals surface area contributed by atoms with Gasteiger partial charge >= 0.3 is 0 Å². The molecule has 0 aliphatic carbocycles. The van der Waals surface area contributed by atoms with Gasteiger partial charge in [-0.3, -0.25) is 0 Å². The Hall–Kier alpha value is -2.56. The molecule has 4 heteroatoms. The highest BCUT2D eigenvalue weighted by molar-refractivity contribution is 5.84. The average Bonchev–Trinajstić information content (AvgIpc) is 2.84. The quantitative estimate of drug-likeness (QED) is 0.322. The predicted octanol–water partition coefficient (Wildman–Crippen LogP) is 7.18. The molecule has 33 heavy (non-hydrogen) atoms. The van der Waals surface area contributed by atoms with Gasteiger partial charge < -0.3 is 9.47 Å². The molecule has 0 bridgehead atoms. The number of hydrogen-bond acceptors (Lipinski definition) is 2. The molecule has 0 saturated carbocycles. The van der Waals surface area contributed by atoms with Crippen LogP contribution in [0, 0.1) is 17.6 Å². The minimum Gasteiger partial charge on any atom is -0.352 e. The first-order chi connectivity index (χ1) is 16.1. The third kappa shape index (κ3) is 6.49. The summed E-state index contributed by atoms with van der Waals surface area (Å²) in [6, 6.07) is 16.2. The Morgan fingerprint density at radius 2 is 1.61 bits per heavy atom. The molecule has 1 heterocycles. The number of fused-ring (bicyclic) bond motifs is 1. The summed E-state index contributed by atoms with van der Waals surface area (Å²) in [5.74, 6) is 0.0553. The minimum absolute atomic E-state index is 0.163. The van der Waals surface area contributed by atoms with Crippen molar-refractivity contribution >= 4 is 10.8 Å². The Bertz CT molecular complexity index is 1070. The van der Waals surface area contributed by atoms with Gasteiger partial charge in [0, 0.05) is 17.7 Å². The van der Waals surface area contributed by atoms with E-state index in [1.807, 2.05) is 31.2 Å². The molecule has 1 fully saturated rings. The third-order valence-corrected chi connectivity index (χ3v) is 6.38. The molecule has 0 aromatic heterocycles. The average molecular weight is 451 g/mol. The maximum atomic E-state index is 15.1. The normalized spacial score (nSPS) is 18.9. The van der Waals surface area contributed by atoms with Crippen LogP contribution in [-0.4, -0.2) is 19.5 Å². The van der Waals surface area contributed by atoms with E-state index in [1.54, 1.807) is 12.1 Å². The van der Waals surface area contributed by atoms with Crippen molar-refractivity contribution in [2.75, 3.05) is 13.2 Å². The van der Waals surface area contributed by atoms with Crippen molar-refractivity contribution in [1.82, 2.24) is 0 Å². The predicted molar refractivity (Wildman–Crippen MR) is 129 cm³/mol. The Kier molecular flexibility index (Phi) is 8.25. The molecule has 0 radical (unpaired) electrons. The fourth-order valence-electron chi connectivity index (χ4n) is 4.36. The molecule has 0 atom stereocenters. The molecular formula is C29H32F2O2. The van der Waals surface area contributed by atoms with Crippen LogP contribution in [0.4, 0.5) is 8.78 Å². The second-order valence-electron chi connectivity index (χ2n) is 8.87. The van der Waals surface area contributed by atoms with Crippen LogP contribution in [0.2, 0.25) is 0 Å². The van der Waals surface area contributed by atoms with Crippen LogP contribution >= 0.6 is 0 Å². The van der Waals surface area contributed by atoms with Gasteiger partial charge in [-0.2, -0.15) is 0 Å². The van der Waals surface area contributed by atoms with Crippen LogP contribution < -0.4 is 0 Å². The second-order valence-corrected chi connectivity index (χ2v) is 8.87. The number of aryl methyl sites for hydroxylation is 3. The molecular weight excluding hydrogens is 418 g/mol. The van der Waals surface area contributed by atoms with Gasteiger partial charge in [0.25, 0.3) is 0 Å². The standard InChI is InChI=1S/C29H32F2O2/c1-2-3-4-5-23-19-32-28(33-20-23)17-10-22-9-16-27-25(18-22)13-12-24(29(27)31)11-6-21-7-14-26(30)15-8-21/h2-3,7-9,12-16,18,23,28H,4-6,10-11,17,19-20H2,1H3/b3-2+. The summed E-state index contributed by atoms with van der Waals surface area (Å²) in [6.45, 7) is 3.55. The van der Waals surface area contributed by atoms with E-state index < -0.39 is 0 Å². The van der Waals surface area contributed by atoms with Crippen molar-refractivity contribution in [2.24, 2.45) is 5.92 Å². The Morgan fingerprint density at radius 1 is 0.848 bits per heavy atom. The van der Waals surface area contributed by atoms with E-state index in [-0.39, 0.29) is 17.9 Å². The Morgan fingerprint density at radius 3 is 2.36 bits per heavy atom. The van der Waals surface area contributed by atoms with E-state index in [0.717, 1.165) is 55.4 Å². The zero-order chi connectivity index (χ0) is 23.0. The van der Waals surface area contributed by atoms with E-state index >= 15 is 4.39 Å². The van der Waals surface area contributed by atoms with Crippen molar-refractivity contribution in [3.8, 4) is 0 Å². The van der Waals surface area contributed by atoms with Crippen molar-refractivity contribution in [3.63, 3.8) is 0 Å². The maximum absolute atomic E-state index is 15.1. The molecule has 1 aliphatic heterocycles. The van der Waals surface area contributed by atoms with E-state index in [0.29, 0.717) is 29.7 Å². The van der Waals surface area contributed by atoms with Gasteiger partial charge in [0.1, 0.15) is 11.6 Å². The van der Waals surface area contributed by atoms with Crippen molar-refractivity contribution in [3.05, 3.63) is 95.1 Å². The monoisotopic (exact) mass is 450 g/mol. The van der Waals surface area contributed by atoms with Crippen molar-refractivity contribution in [1.29, 1.82) is 0 Å². The number of rotatable bonds is 9. The summed E-state index contributed by atoms with van der Waals surface area (Å²) >= 11 is 0. The van der Waals surface area contributed by atoms with Gasteiger partial charge in [-0.05, 0) is 73.2 Å². The minimum atomic E-state index is -0.252. The van der Waals surface area contributed by atoms with Crippen LogP contribution in [-0.2, 0) is 28.7 Å². The molecule has 0 unspecified atom stereocenters. The molecule has 2 nitrogen and oxygen atoms in total. The van der Waals surface area contributed by atoms with E-state index in [2.05, 4.69) is 18.2 Å². The molecule has 174 valence electrons. The smallest absolute Gasteiger partial charge is 0.157 e. The summed E-state index contributed by atoms with van der Waals surface area (Å²) in [5.41, 5.74) is 2.85. The topological polar surface area (TPSA) is 18.5 Å². The lowest BCUT2D eigenvalue weighted by Crippen LogP contribution is -2.32. The second kappa shape index (κ2) is 11.5. The number of hydrogen-bond donors (Lipinski definition) is 0. The highest BCUT2D eigenvalue weighted by Gasteiger charge is 2.21. The number of benzene rings is 3. The SMILES string of the molecule is C/C=C/CCC1COC(CCc2ccc3c(F)c(CCc4ccc(F)cc4)ccc3c2)OC1. The molecule has 3 aromatic carbocycles. The summed E-state index contributed by atoms with van der Waals surface area (Å²) in [5, 5.41) is 1.55. The van der Waals surface area contributed by atoms with Crippen LogP contribution in [0.25, 0.3) is 10.8 Å². The lowest BCUT2D eigenvalue weighted by atomic mass is 9.98. The largest absolute Gasteiger partial charge is 0.352 e. The van der Waals surface area contributed by atoms with Gasteiger partial charge in [0.05, 0.1) is 13.2 Å². The first-order valence-corrected chi connectivity index (χ1v) is 11.9. The molecule has 4 rings (SSSR count). The van der Waals surface area contributed by atoms with Gasteiger partial charge in [0.15, 0.2) is 6.29 Å². The summed E-state index contributed by atoms with van der Waals surface area (Å²) < 4.78 is 40.0. The highest BCUT2D eigenvalue weighted by atomic mass is 19.1. The Labute approximate surface area is 195 Å². The van der Waals surface area contributed by atoms with E-state index in [9.17, 15) is 4.39 Å². The number of allylic oxidation sites excluding steroid dienone is 2.